The Morgan fingerprint density at radius 3 is 2.43 bits per heavy atom. The highest BCUT2D eigenvalue weighted by molar-refractivity contribution is 7.90. The zero-order valence-electron chi connectivity index (χ0n) is 12.8. The van der Waals surface area contributed by atoms with Crippen LogP contribution in [0.1, 0.15) is 24.0 Å². The average molecular weight is 331 g/mol. The number of nitrogens with zero attached hydrogens (tertiary/aromatic N) is 2. The van der Waals surface area contributed by atoms with Gasteiger partial charge in [0.15, 0.2) is 0 Å². The molecule has 4 nitrogen and oxygen atoms in total. The van der Waals surface area contributed by atoms with E-state index in [0.717, 1.165) is 29.7 Å². The lowest BCUT2D eigenvalue weighted by molar-refractivity contribution is 0.290. The topological polar surface area (TPSA) is 40.6 Å². The van der Waals surface area contributed by atoms with Crippen LogP contribution in [-0.4, -0.2) is 38.7 Å². The van der Waals surface area contributed by atoms with Gasteiger partial charge in [-0.15, -0.1) is 11.6 Å². The fourth-order valence-electron chi connectivity index (χ4n) is 2.75. The molecule has 0 radical (unpaired) electrons. The van der Waals surface area contributed by atoms with E-state index in [2.05, 4.69) is 0 Å². The van der Waals surface area contributed by atoms with E-state index in [1.165, 1.54) is 4.31 Å². The van der Waals surface area contributed by atoms with E-state index in [4.69, 9.17) is 11.6 Å². The van der Waals surface area contributed by atoms with Gasteiger partial charge >= 0.3 is 10.2 Å². The third-order valence-corrected chi connectivity index (χ3v) is 6.50. The fourth-order valence-corrected chi connectivity index (χ4v) is 4.53. The van der Waals surface area contributed by atoms with Crippen molar-refractivity contribution in [2.24, 2.45) is 5.92 Å². The Hall–Kier alpha value is -0.780. The largest absolute Gasteiger partial charge is 0.303 e. The smallest absolute Gasteiger partial charge is 0.260 e. The summed E-state index contributed by atoms with van der Waals surface area (Å²) in [5.41, 5.74) is 2.83. The van der Waals surface area contributed by atoms with E-state index in [0.29, 0.717) is 24.9 Å². The standard InChI is InChI=1S/C15H23ClN2O2S/c1-12-4-5-15(13(2)10-12)17(3)21(19,20)18-8-6-14(11-16)7-9-18/h4-5,10,14H,6-9,11H2,1-3H3. The molecule has 2 rings (SSSR count). The van der Waals surface area contributed by atoms with Crippen LogP contribution in [0.5, 0.6) is 0 Å². The first kappa shape index (κ1) is 16.6. The second kappa shape index (κ2) is 6.55. The molecule has 0 spiro atoms. The minimum Gasteiger partial charge on any atom is -0.260 e. The first-order chi connectivity index (χ1) is 9.86. The van der Waals surface area contributed by atoms with Gasteiger partial charge in [0, 0.05) is 26.0 Å². The van der Waals surface area contributed by atoms with Crippen LogP contribution in [0.4, 0.5) is 5.69 Å². The summed E-state index contributed by atoms with van der Waals surface area (Å²) in [4.78, 5) is 0. The average Bonchev–Trinajstić information content (AvgIpc) is 2.46. The highest BCUT2D eigenvalue weighted by Crippen LogP contribution is 2.27. The Morgan fingerprint density at radius 1 is 1.29 bits per heavy atom. The molecule has 118 valence electrons. The minimum atomic E-state index is -3.46. The third kappa shape index (κ3) is 3.52. The highest BCUT2D eigenvalue weighted by atomic mass is 35.5. The number of alkyl halides is 1. The number of benzene rings is 1. The lowest BCUT2D eigenvalue weighted by atomic mass is 10.0. The van der Waals surface area contributed by atoms with Crippen molar-refractivity contribution in [2.75, 3.05) is 30.3 Å². The van der Waals surface area contributed by atoms with Crippen LogP contribution in [0.2, 0.25) is 0 Å². The number of halogens is 1. The lowest BCUT2D eigenvalue weighted by Gasteiger charge is -2.34. The van der Waals surface area contributed by atoms with Gasteiger partial charge in [-0.3, -0.25) is 4.31 Å². The summed E-state index contributed by atoms with van der Waals surface area (Å²) >= 11 is 5.86. The molecule has 1 heterocycles. The molecule has 21 heavy (non-hydrogen) atoms. The van der Waals surface area contributed by atoms with Gasteiger partial charge in [-0.25, -0.2) is 0 Å². The van der Waals surface area contributed by atoms with Gasteiger partial charge in [0.2, 0.25) is 0 Å². The maximum absolute atomic E-state index is 12.7. The summed E-state index contributed by atoms with van der Waals surface area (Å²) in [6, 6.07) is 5.81. The molecule has 0 amide bonds. The molecular weight excluding hydrogens is 308 g/mol. The van der Waals surface area contributed by atoms with Crippen molar-refractivity contribution in [1.82, 2.24) is 4.31 Å². The molecule has 1 saturated heterocycles. The van der Waals surface area contributed by atoms with Crippen molar-refractivity contribution in [3.8, 4) is 0 Å². The lowest BCUT2D eigenvalue weighted by Crippen LogP contribution is -2.46. The van der Waals surface area contributed by atoms with Crippen LogP contribution in [0.25, 0.3) is 0 Å². The molecule has 1 fully saturated rings. The molecule has 0 unspecified atom stereocenters. The van der Waals surface area contributed by atoms with Crippen molar-refractivity contribution in [3.63, 3.8) is 0 Å². The molecule has 0 saturated carbocycles. The number of anilines is 1. The van der Waals surface area contributed by atoms with E-state index in [1.807, 2.05) is 32.0 Å². The van der Waals surface area contributed by atoms with Gasteiger partial charge in [0.25, 0.3) is 0 Å². The van der Waals surface area contributed by atoms with Gasteiger partial charge in [0.05, 0.1) is 5.69 Å². The van der Waals surface area contributed by atoms with E-state index < -0.39 is 10.2 Å². The summed E-state index contributed by atoms with van der Waals surface area (Å²) in [6.07, 6.45) is 1.67. The van der Waals surface area contributed by atoms with Crippen LogP contribution < -0.4 is 4.31 Å². The van der Waals surface area contributed by atoms with Crippen LogP contribution in [0.3, 0.4) is 0 Å². The maximum Gasteiger partial charge on any atom is 0.303 e. The van der Waals surface area contributed by atoms with Crippen molar-refractivity contribution in [3.05, 3.63) is 29.3 Å². The minimum absolute atomic E-state index is 0.435. The van der Waals surface area contributed by atoms with E-state index >= 15 is 0 Å². The van der Waals surface area contributed by atoms with Gasteiger partial charge in [0.1, 0.15) is 0 Å². The zero-order chi connectivity index (χ0) is 15.6. The first-order valence-electron chi connectivity index (χ1n) is 7.23. The predicted molar refractivity (Wildman–Crippen MR) is 88.3 cm³/mol. The van der Waals surface area contributed by atoms with Gasteiger partial charge < -0.3 is 0 Å². The summed E-state index contributed by atoms with van der Waals surface area (Å²) in [7, 11) is -1.83. The summed E-state index contributed by atoms with van der Waals surface area (Å²) in [5, 5.41) is 0. The van der Waals surface area contributed by atoms with Gasteiger partial charge in [-0.1, -0.05) is 17.7 Å². The number of hydrogen-bond acceptors (Lipinski definition) is 2. The van der Waals surface area contributed by atoms with Crippen LogP contribution in [0.15, 0.2) is 18.2 Å². The van der Waals surface area contributed by atoms with Crippen molar-refractivity contribution < 1.29 is 8.42 Å². The predicted octanol–water partition coefficient (Wildman–Crippen LogP) is 2.94. The molecule has 0 bridgehead atoms. The Bertz CT molecular complexity index is 596. The van der Waals surface area contributed by atoms with Crippen molar-refractivity contribution in [1.29, 1.82) is 0 Å². The third-order valence-electron chi connectivity index (χ3n) is 4.16. The maximum atomic E-state index is 12.7. The monoisotopic (exact) mass is 330 g/mol. The zero-order valence-corrected chi connectivity index (χ0v) is 14.4. The Balaban J connectivity index is 2.19. The van der Waals surface area contributed by atoms with Crippen LogP contribution in [0, 0.1) is 19.8 Å². The molecule has 0 aromatic heterocycles. The summed E-state index contributed by atoms with van der Waals surface area (Å²) in [5.74, 6) is 1.05. The molecular formula is C15H23ClN2O2S. The second-order valence-corrected chi connectivity index (χ2v) is 8.03. The van der Waals surface area contributed by atoms with Gasteiger partial charge in [-0.2, -0.15) is 12.7 Å². The number of hydrogen-bond donors (Lipinski definition) is 0. The first-order valence-corrected chi connectivity index (χ1v) is 9.16. The van der Waals surface area contributed by atoms with Crippen molar-refractivity contribution >= 4 is 27.5 Å². The highest BCUT2D eigenvalue weighted by Gasteiger charge is 2.31. The Kier molecular flexibility index (Phi) is 5.17. The Labute approximate surface area is 132 Å². The number of piperidine rings is 1. The van der Waals surface area contributed by atoms with E-state index in [9.17, 15) is 8.42 Å². The normalized spacial score (nSPS) is 17.9. The molecule has 1 aliphatic heterocycles. The molecule has 1 aromatic rings. The molecule has 6 heteroatoms. The summed E-state index contributed by atoms with van der Waals surface area (Å²) in [6.45, 7) is 5.04. The quantitative estimate of drug-likeness (QED) is 0.796. The van der Waals surface area contributed by atoms with Crippen LogP contribution in [-0.2, 0) is 10.2 Å². The molecule has 1 aliphatic rings. The molecule has 1 aromatic carbocycles. The number of aryl methyl sites for hydroxylation is 2. The van der Waals surface area contributed by atoms with E-state index in [1.54, 1.807) is 11.4 Å². The molecule has 0 atom stereocenters. The fraction of sp³-hybridized carbons (Fsp3) is 0.600. The second-order valence-electron chi connectivity index (χ2n) is 5.76. The SMILES string of the molecule is Cc1ccc(N(C)S(=O)(=O)N2CCC(CCl)CC2)c(C)c1. The Morgan fingerprint density at radius 2 is 1.90 bits per heavy atom. The van der Waals surface area contributed by atoms with Gasteiger partial charge in [-0.05, 0) is 44.2 Å². The number of rotatable bonds is 4. The molecule has 0 N–H and O–H groups in total. The van der Waals surface area contributed by atoms with E-state index in [-0.39, 0.29) is 0 Å². The molecule has 0 aliphatic carbocycles. The van der Waals surface area contributed by atoms with Crippen LogP contribution >= 0.6 is 11.6 Å². The summed E-state index contributed by atoms with van der Waals surface area (Å²) < 4.78 is 28.4. The van der Waals surface area contributed by atoms with Crippen molar-refractivity contribution in [2.45, 2.75) is 26.7 Å².